The predicted molar refractivity (Wildman–Crippen MR) is 199 cm³/mol. The van der Waals surface area contributed by atoms with Crippen LogP contribution in [0.25, 0.3) is 5.57 Å². The number of hydrogen-bond donors (Lipinski definition) is 3. The smallest absolute Gasteiger partial charge is 0.328 e. The molecule has 266 valence electrons. The quantitative estimate of drug-likeness (QED) is 0.0821. The standard InChI is InChI=1S/C19H19NS.C18H32O2.C4H4O4/c1-20-12-10-14(11-13-20)19-15-6-2-4-8-17(15)21-18-9-5-3-7-16(18)19;19-18(20)16-10-8-6-4-2-1-3-5-7-9-13-17-14-11-12-15-17;5-3(6)1-2-4(7)8/h2-9H,10-13H2,1H3;11,14,17H,1-10,12-13,15-16H2,(H,19,20);1-2H,(H,5,6)(H,7,8). The van der Waals surface area contributed by atoms with Crippen molar-refractivity contribution in [2.45, 2.75) is 113 Å². The van der Waals surface area contributed by atoms with Gasteiger partial charge >= 0.3 is 17.9 Å². The SMILES string of the molecule is CN1CCC(=C2c3ccccc3Sc3ccccc32)CC1.O=C(O)C=CC(=O)O.O=C(O)CCCCCCCCCCCCC1C=CCC1. The third-order valence-electron chi connectivity index (χ3n) is 9.17. The molecule has 1 saturated heterocycles. The Labute approximate surface area is 297 Å². The molecule has 1 unspecified atom stereocenters. The lowest BCUT2D eigenvalue weighted by Crippen LogP contribution is -2.27. The van der Waals surface area contributed by atoms with Crippen LogP contribution in [0.4, 0.5) is 0 Å². The van der Waals surface area contributed by atoms with Gasteiger partial charge in [-0.2, -0.15) is 0 Å². The van der Waals surface area contributed by atoms with Crippen molar-refractivity contribution in [3.8, 4) is 0 Å². The second kappa shape index (κ2) is 22.9. The summed E-state index contributed by atoms with van der Waals surface area (Å²) in [4.78, 5) is 34.7. The summed E-state index contributed by atoms with van der Waals surface area (Å²) < 4.78 is 0. The largest absolute Gasteiger partial charge is 0.481 e. The zero-order valence-electron chi connectivity index (χ0n) is 29.2. The number of nitrogens with zero attached hydrogens (tertiary/aromatic N) is 1. The maximum Gasteiger partial charge on any atom is 0.328 e. The number of aliphatic carboxylic acids is 3. The zero-order valence-corrected chi connectivity index (χ0v) is 30.0. The molecule has 3 aliphatic rings. The Morgan fingerprint density at radius 3 is 1.69 bits per heavy atom. The van der Waals surface area contributed by atoms with E-state index in [-0.39, 0.29) is 0 Å². The molecule has 0 radical (unpaired) electrons. The average molecular weight is 690 g/mol. The summed E-state index contributed by atoms with van der Waals surface area (Å²) in [5.41, 5.74) is 6.00. The lowest BCUT2D eigenvalue weighted by Gasteiger charge is -2.30. The van der Waals surface area contributed by atoms with E-state index in [4.69, 9.17) is 15.3 Å². The van der Waals surface area contributed by atoms with E-state index in [0.29, 0.717) is 18.6 Å². The number of piperidine rings is 1. The first-order valence-electron chi connectivity index (χ1n) is 18.0. The highest BCUT2D eigenvalue weighted by Gasteiger charge is 2.24. The van der Waals surface area contributed by atoms with Crippen molar-refractivity contribution in [2.24, 2.45) is 5.92 Å². The van der Waals surface area contributed by atoms with E-state index in [1.54, 1.807) is 5.57 Å². The molecule has 49 heavy (non-hydrogen) atoms. The topological polar surface area (TPSA) is 115 Å². The van der Waals surface area contributed by atoms with Gasteiger partial charge in [0.2, 0.25) is 0 Å². The molecular weight excluding hydrogens is 635 g/mol. The summed E-state index contributed by atoms with van der Waals surface area (Å²) in [5.74, 6) is -2.28. The van der Waals surface area contributed by atoms with Crippen LogP contribution in [0.5, 0.6) is 0 Å². The monoisotopic (exact) mass is 689 g/mol. The lowest BCUT2D eigenvalue weighted by atomic mass is 9.88. The molecule has 0 amide bonds. The van der Waals surface area contributed by atoms with Crippen LogP contribution in [0, 0.1) is 5.92 Å². The summed E-state index contributed by atoms with van der Waals surface area (Å²) >= 11 is 1.91. The number of fused-ring (bicyclic) bond motifs is 2. The normalized spacial score (nSPS) is 16.6. The van der Waals surface area contributed by atoms with E-state index in [1.165, 1.54) is 123 Å². The molecule has 3 N–H and O–H groups in total. The first-order valence-corrected chi connectivity index (χ1v) is 18.9. The maximum atomic E-state index is 10.3. The van der Waals surface area contributed by atoms with Crippen LogP contribution in [-0.2, 0) is 14.4 Å². The number of benzene rings is 2. The number of carboxylic acids is 3. The molecule has 0 spiro atoms. The first kappa shape index (κ1) is 39.8. The third kappa shape index (κ3) is 15.6. The summed E-state index contributed by atoms with van der Waals surface area (Å²) in [5, 5.41) is 24.1. The van der Waals surface area contributed by atoms with Gasteiger partial charge in [-0.25, -0.2) is 9.59 Å². The number of carbonyl (C=O) groups is 3. The van der Waals surface area contributed by atoms with Crippen LogP contribution in [0.2, 0.25) is 0 Å². The van der Waals surface area contributed by atoms with Gasteiger partial charge in [0.25, 0.3) is 0 Å². The summed E-state index contributed by atoms with van der Waals surface area (Å²) in [7, 11) is 2.22. The van der Waals surface area contributed by atoms with Crippen LogP contribution in [0.15, 0.2) is 88.2 Å². The molecular formula is C41H55NO6S. The van der Waals surface area contributed by atoms with E-state index < -0.39 is 17.9 Å². The minimum atomic E-state index is -1.26. The van der Waals surface area contributed by atoms with E-state index in [1.807, 2.05) is 11.8 Å². The van der Waals surface area contributed by atoms with E-state index in [2.05, 4.69) is 72.6 Å². The Morgan fingerprint density at radius 1 is 0.735 bits per heavy atom. The highest BCUT2D eigenvalue weighted by Crippen LogP contribution is 2.47. The Bertz CT molecular complexity index is 1360. The Balaban J connectivity index is 0.000000219. The maximum absolute atomic E-state index is 10.3. The zero-order chi connectivity index (χ0) is 35.3. The average Bonchev–Trinajstić information content (AvgIpc) is 3.61. The number of likely N-dealkylation sites (tertiary alicyclic amines) is 1. The molecule has 2 aromatic rings. The highest BCUT2D eigenvalue weighted by atomic mass is 32.2. The van der Waals surface area contributed by atoms with Crippen molar-refractivity contribution in [3.63, 3.8) is 0 Å². The second-order valence-electron chi connectivity index (χ2n) is 13.1. The fourth-order valence-corrected chi connectivity index (χ4v) is 7.57. The molecule has 0 bridgehead atoms. The van der Waals surface area contributed by atoms with Crippen molar-refractivity contribution in [3.05, 3.63) is 89.5 Å². The first-order chi connectivity index (χ1) is 23.7. The van der Waals surface area contributed by atoms with Crippen molar-refractivity contribution >= 4 is 35.2 Å². The van der Waals surface area contributed by atoms with Crippen molar-refractivity contribution < 1.29 is 29.7 Å². The molecule has 2 aromatic carbocycles. The van der Waals surface area contributed by atoms with Crippen LogP contribution < -0.4 is 0 Å². The minimum Gasteiger partial charge on any atom is -0.481 e. The van der Waals surface area contributed by atoms with E-state index in [9.17, 15) is 14.4 Å². The van der Waals surface area contributed by atoms with Crippen LogP contribution >= 0.6 is 11.8 Å². The van der Waals surface area contributed by atoms with E-state index >= 15 is 0 Å². The minimum absolute atomic E-state index is 0.343. The molecule has 2 heterocycles. The number of rotatable bonds is 15. The van der Waals surface area contributed by atoms with Crippen LogP contribution in [0.3, 0.4) is 0 Å². The molecule has 1 aliphatic carbocycles. The lowest BCUT2D eigenvalue weighted by molar-refractivity contribution is -0.137. The molecule has 2 aliphatic heterocycles. The van der Waals surface area contributed by atoms with Gasteiger partial charge in [0.1, 0.15) is 0 Å². The molecule has 1 atom stereocenters. The van der Waals surface area contributed by atoms with Gasteiger partial charge in [0, 0.05) is 41.5 Å². The number of carboxylic acid groups (broad SMARTS) is 3. The van der Waals surface area contributed by atoms with Crippen molar-refractivity contribution in [1.29, 1.82) is 0 Å². The summed E-state index contributed by atoms with van der Waals surface area (Å²) in [6, 6.07) is 17.7. The van der Waals surface area contributed by atoms with Gasteiger partial charge in [-0.05, 0) is 80.3 Å². The Morgan fingerprint density at radius 2 is 1.22 bits per heavy atom. The number of allylic oxidation sites excluding steroid dienone is 2. The van der Waals surface area contributed by atoms with E-state index in [0.717, 1.165) is 18.8 Å². The molecule has 5 rings (SSSR count). The van der Waals surface area contributed by atoms with Crippen LogP contribution in [-0.4, -0.2) is 58.3 Å². The van der Waals surface area contributed by atoms with Crippen LogP contribution in [0.1, 0.15) is 114 Å². The van der Waals surface area contributed by atoms with Gasteiger partial charge in [0.05, 0.1) is 0 Å². The Hall–Kier alpha value is -3.62. The third-order valence-corrected chi connectivity index (χ3v) is 10.3. The summed E-state index contributed by atoms with van der Waals surface area (Å²) in [6.07, 6.45) is 25.4. The van der Waals surface area contributed by atoms with Gasteiger partial charge < -0.3 is 20.2 Å². The summed E-state index contributed by atoms with van der Waals surface area (Å²) in [6.45, 7) is 2.35. The molecule has 7 nitrogen and oxygen atoms in total. The highest BCUT2D eigenvalue weighted by molar-refractivity contribution is 7.99. The van der Waals surface area contributed by atoms with Gasteiger partial charge in [-0.1, -0.05) is 124 Å². The van der Waals surface area contributed by atoms with Crippen molar-refractivity contribution in [1.82, 2.24) is 4.90 Å². The van der Waals surface area contributed by atoms with Crippen molar-refractivity contribution in [2.75, 3.05) is 20.1 Å². The number of unbranched alkanes of at least 4 members (excludes halogenated alkanes) is 9. The van der Waals surface area contributed by atoms with Gasteiger partial charge in [0.15, 0.2) is 0 Å². The molecule has 8 heteroatoms. The molecule has 1 fully saturated rings. The molecule has 0 aromatic heterocycles. The fraction of sp³-hybridized carbons (Fsp3) is 0.488. The molecule has 0 saturated carbocycles. The van der Waals surface area contributed by atoms with Gasteiger partial charge in [-0.15, -0.1) is 0 Å². The fourth-order valence-electron chi connectivity index (χ4n) is 6.48. The number of hydrogen-bond acceptors (Lipinski definition) is 5. The second-order valence-corrected chi connectivity index (χ2v) is 14.2. The van der Waals surface area contributed by atoms with Gasteiger partial charge in [-0.3, -0.25) is 4.79 Å². The Kier molecular flexibility index (Phi) is 18.6. The predicted octanol–water partition coefficient (Wildman–Crippen LogP) is 10.1.